The number of nitrogens with zero attached hydrogens (tertiary/aromatic N) is 8. The Bertz CT molecular complexity index is 3690. The van der Waals surface area contributed by atoms with E-state index >= 15 is 4.39 Å². The fourth-order valence-electron chi connectivity index (χ4n) is 11.4. The van der Waals surface area contributed by atoms with Crippen molar-refractivity contribution in [3.63, 3.8) is 0 Å². The number of amides is 3. The van der Waals surface area contributed by atoms with Crippen LogP contribution in [0.4, 0.5) is 21.7 Å². The number of aliphatic hydroxyl groups is 2. The number of fused-ring (bicyclic) bond motifs is 1. The zero-order valence-electron chi connectivity index (χ0n) is 50.1. The minimum Gasteiger partial charge on any atom is -0.392 e. The average molecular weight is 1210 g/mol. The first-order valence-electron chi connectivity index (χ1n) is 30.0. The number of unbranched alkanes of at least 4 members (excludes halogenated alkanes) is 2. The van der Waals surface area contributed by atoms with Crippen molar-refractivity contribution in [2.75, 3.05) is 75.9 Å². The molecule has 6 heterocycles. The second-order valence-corrected chi connectivity index (χ2v) is 24.8. The maximum Gasteiger partial charge on any atom is 0.293 e. The fraction of sp³-hybridized carbons (Fsp3) is 0.446. The minimum absolute atomic E-state index is 0.00575. The van der Waals surface area contributed by atoms with Gasteiger partial charge in [-0.3, -0.25) is 33.4 Å². The Morgan fingerprint density at radius 3 is 2.37 bits per heavy atom. The number of thiazole rings is 1. The number of ether oxygens (including phenoxy) is 2. The number of aliphatic hydroxyl groups excluding tert-OH is 2. The molecule has 10 rings (SSSR count). The van der Waals surface area contributed by atoms with Gasteiger partial charge in [-0.1, -0.05) is 63.2 Å². The highest BCUT2D eigenvalue weighted by Crippen LogP contribution is 2.41. The Kier molecular flexibility index (Phi) is 20.0. The van der Waals surface area contributed by atoms with Crippen molar-refractivity contribution < 1.29 is 38.5 Å². The monoisotopic (exact) mass is 1210 g/mol. The molecule has 1 aliphatic carbocycles. The molecule has 3 aliphatic rings. The molecule has 0 bridgehead atoms. The molecule has 2 saturated heterocycles. The first-order chi connectivity index (χ1) is 41.9. The number of nitrogens with one attached hydrogen (secondary N) is 3. The molecule has 0 radical (unpaired) electrons. The predicted molar refractivity (Wildman–Crippen MR) is 334 cm³/mol. The van der Waals surface area contributed by atoms with Crippen LogP contribution in [0.15, 0.2) is 106 Å². The molecule has 0 spiro atoms. The summed E-state index contributed by atoms with van der Waals surface area (Å²) >= 11 is 1.57. The summed E-state index contributed by atoms with van der Waals surface area (Å²) in [6.45, 7) is 13.3. The van der Waals surface area contributed by atoms with Gasteiger partial charge < -0.3 is 50.0 Å². The van der Waals surface area contributed by atoms with Crippen LogP contribution in [-0.4, -0.2) is 146 Å². The van der Waals surface area contributed by atoms with Gasteiger partial charge in [0.25, 0.3) is 11.1 Å². The van der Waals surface area contributed by atoms with Crippen LogP contribution in [0.1, 0.15) is 94.0 Å². The van der Waals surface area contributed by atoms with Gasteiger partial charge in [-0.05, 0) is 109 Å². The smallest absolute Gasteiger partial charge is 0.293 e. The van der Waals surface area contributed by atoms with Gasteiger partial charge in [0.1, 0.15) is 23.7 Å². The van der Waals surface area contributed by atoms with Crippen molar-refractivity contribution in [2.24, 2.45) is 12.5 Å². The van der Waals surface area contributed by atoms with E-state index in [4.69, 9.17) is 9.47 Å². The van der Waals surface area contributed by atoms with E-state index in [1.54, 1.807) is 61.2 Å². The highest BCUT2D eigenvalue weighted by Gasteiger charge is 2.44. The molecule has 5 N–H and O–H groups in total. The van der Waals surface area contributed by atoms with Crippen molar-refractivity contribution >= 4 is 57.2 Å². The highest BCUT2D eigenvalue weighted by atomic mass is 32.1. The van der Waals surface area contributed by atoms with Crippen LogP contribution in [0.2, 0.25) is 0 Å². The topological polar surface area (TPSA) is 239 Å². The summed E-state index contributed by atoms with van der Waals surface area (Å²) in [6.07, 6.45) is 9.22. The summed E-state index contributed by atoms with van der Waals surface area (Å²) in [4.78, 5) is 88.8. The Hall–Kier alpha value is -7.73. The first kappa shape index (κ1) is 62.3. The molecular weight excluding hydrogens is 1130 g/mol. The standard InChI is InChI=1S/C65H78FN11O9S/c1-41-58(87-40-69-41)44-14-12-42(13-15-44)35-68-61(81)54-34-48(79)37-77(54)63(83)59(65(2,3)4)72-56(80)21-29-86-31-30-85-28-8-6-7-22-74-24-26-75(27-25-74)47-18-19-55(67-36-47)71-60-64(84)73(5)38-52(70-60)49-10-9-11-53(50(49)39-78)76-23-20-45-32-46(43-16-17-43)33-51(66)57(45)62(76)82/h9-15,18-20,23,32-33,36,38,40,43,48,54,59,78-79H,6-8,16-17,21-22,24-31,34-35,37,39H2,1-5H3,(H,68,81)(H,72,80)(H,67,70,71)/t48-,54+,59-/m1/s1. The molecule has 22 heteroatoms. The number of halogens is 1. The average Bonchev–Trinajstić information content (AvgIpc) is 1.52. The zero-order chi connectivity index (χ0) is 61.4. The van der Waals surface area contributed by atoms with Crippen molar-refractivity contribution in [3.05, 3.63) is 146 Å². The van der Waals surface area contributed by atoms with Crippen molar-refractivity contribution in [1.29, 1.82) is 0 Å². The number of aromatic nitrogens is 5. The number of rotatable bonds is 25. The van der Waals surface area contributed by atoms with Gasteiger partial charge in [0, 0.05) is 89.3 Å². The molecule has 460 valence electrons. The Labute approximate surface area is 509 Å². The van der Waals surface area contributed by atoms with Crippen LogP contribution in [0, 0.1) is 18.2 Å². The van der Waals surface area contributed by atoms with E-state index < -0.39 is 47.5 Å². The molecule has 20 nitrogen and oxygen atoms in total. The lowest BCUT2D eigenvalue weighted by atomic mass is 9.85. The number of hydrogen-bond donors (Lipinski definition) is 5. The normalized spacial score (nSPS) is 16.8. The Morgan fingerprint density at radius 1 is 0.897 bits per heavy atom. The second kappa shape index (κ2) is 28.0. The van der Waals surface area contributed by atoms with E-state index in [-0.39, 0.29) is 61.1 Å². The molecule has 7 aromatic rings. The van der Waals surface area contributed by atoms with Gasteiger partial charge in [0.15, 0.2) is 5.82 Å². The van der Waals surface area contributed by atoms with Crippen molar-refractivity contribution in [3.8, 4) is 27.4 Å². The molecule has 87 heavy (non-hydrogen) atoms. The lowest BCUT2D eigenvalue weighted by Crippen LogP contribution is -2.57. The Balaban J connectivity index is 0.606. The molecule has 3 amide bonds. The zero-order valence-corrected chi connectivity index (χ0v) is 50.9. The number of benzene rings is 3. The van der Waals surface area contributed by atoms with Gasteiger partial charge in [0.2, 0.25) is 17.7 Å². The molecule has 1 saturated carbocycles. The highest BCUT2D eigenvalue weighted by molar-refractivity contribution is 7.13. The van der Waals surface area contributed by atoms with E-state index in [1.165, 1.54) is 20.1 Å². The quantitative estimate of drug-likeness (QED) is 0.0352. The molecule has 2 aliphatic heterocycles. The number of pyridine rings is 2. The van der Waals surface area contributed by atoms with Gasteiger partial charge in [0.05, 0.1) is 77.3 Å². The van der Waals surface area contributed by atoms with E-state index in [9.17, 15) is 34.2 Å². The van der Waals surface area contributed by atoms with Crippen LogP contribution < -0.4 is 32.0 Å². The van der Waals surface area contributed by atoms with E-state index in [0.29, 0.717) is 59.5 Å². The van der Waals surface area contributed by atoms with Crippen molar-refractivity contribution in [2.45, 2.75) is 110 Å². The number of hydrogen-bond acceptors (Lipinski definition) is 16. The van der Waals surface area contributed by atoms with Gasteiger partial charge in [-0.25, -0.2) is 19.3 Å². The summed E-state index contributed by atoms with van der Waals surface area (Å²) in [5, 5.41) is 30.8. The molecule has 3 atom stereocenters. The molecule has 4 aromatic heterocycles. The molecule has 3 aromatic carbocycles. The summed E-state index contributed by atoms with van der Waals surface area (Å²) < 4.78 is 29.7. The fourth-order valence-corrected chi connectivity index (χ4v) is 12.2. The third kappa shape index (κ3) is 15.2. The second-order valence-electron chi connectivity index (χ2n) is 23.9. The number of likely N-dealkylation sites (tertiary alicyclic amines) is 1. The number of carbonyl (C=O) groups is 3. The van der Waals surface area contributed by atoms with Crippen LogP contribution >= 0.6 is 11.3 Å². The van der Waals surface area contributed by atoms with E-state index in [2.05, 4.69) is 40.7 Å². The lowest BCUT2D eigenvalue weighted by Gasteiger charge is -2.36. The molecular formula is C65H78FN11O9S. The maximum absolute atomic E-state index is 15.4. The summed E-state index contributed by atoms with van der Waals surface area (Å²) in [5.41, 5.74) is 6.63. The van der Waals surface area contributed by atoms with Gasteiger partial charge >= 0.3 is 0 Å². The maximum atomic E-state index is 15.4. The van der Waals surface area contributed by atoms with E-state index in [1.807, 2.05) is 75.7 Å². The first-order valence-corrected chi connectivity index (χ1v) is 30.9. The number of β-amino-alcohol motifs (C(OH)–C–C–N with tert-alkyl or cyclic N) is 1. The number of carbonyl (C=O) groups excluding carboxylic acids is 3. The summed E-state index contributed by atoms with van der Waals surface area (Å²) in [5.74, 6) is -0.903. The summed E-state index contributed by atoms with van der Waals surface area (Å²) in [6, 6.07) is 20.1. The number of anilines is 3. The molecule has 0 unspecified atom stereocenters. The van der Waals surface area contributed by atoms with Crippen LogP contribution in [0.3, 0.4) is 0 Å². The van der Waals surface area contributed by atoms with Crippen molar-refractivity contribution in [1.82, 2.24) is 44.5 Å². The SMILES string of the molecule is Cc1ncsc1-c1ccc(CNC(=O)[C@@H]2C[C@@H](O)CN2C(=O)[C@@H](NC(=O)CCOCCOCCCCCN2CCN(c3ccc(Nc4nc(-c5cccc(-n6ccc7cc(C8CC8)cc(F)c7c6=O)c5CO)cn(C)c4=O)nc3)CC2)C(C)(C)C)cc1. The van der Waals surface area contributed by atoms with Gasteiger partial charge in [-0.15, -0.1) is 11.3 Å². The third-order valence-electron chi connectivity index (χ3n) is 16.5. The van der Waals surface area contributed by atoms with Crippen LogP contribution in [0.5, 0.6) is 0 Å². The largest absolute Gasteiger partial charge is 0.392 e. The van der Waals surface area contributed by atoms with Crippen LogP contribution in [-0.2, 0) is 44.1 Å². The third-order valence-corrected chi connectivity index (χ3v) is 17.5. The minimum atomic E-state index is -0.928. The van der Waals surface area contributed by atoms with Crippen LogP contribution in [0.25, 0.3) is 38.2 Å². The number of aryl methyl sites for hydroxylation is 2. The Morgan fingerprint density at radius 2 is 1.67 bits per heavy atom. The number of piperazine rings is 1. The van der Waals surface area contributed by atoms with E-state index in [0.717, 1.165) is 97.8 Å². The predicted octanol–water partition coefficient (Wildman–Crippen LogP) is 7.36. The van der Waals surface area contributed by atoms with Gasteiger partial charge in [-0.2, -0.15) is 0 Å². The summed E-state index contributed by atoms with van der Waals surface area (Å²) in [7, 11) is 1.61. The molecule has 3 fully saturated rings. The lowest BCUT2D eigenvalue weighted by molar-refractivity contribution is -0.144.